The Morgan fingerprint density at radius 2 is 1.52 bits per heavy atom. The molecule has 7 nitrogen and oxygen atoms in total. The Kier molecular flexibility index (Phi) is 18.7. The highest BCUT2D eigenvalue weighted by molar-refractivity contribution is 7.09. The van der Waals surface area contributed by atoms with E-state index in [4.69, 9.17) is 4.74 Å². The van der Waals surface area contributed by atoms with Crippen molar-refractivity contribution in [1.82, 2.24) is 15.5 Å². The van der Waals surface area contributed by atoms with Gasteiger partial charge < -0.3 is 15.4 Å². The molecule has 1 aliphatic carbocycles. The Bertz CT molecular complexity index is 1150. The van der Waals surface area contributed by atoms with E-state index in [1.165, 1.54) is 29.7 Å². The van der Waals surface area contributed by atoms with Gasteiger partial charge in [-0.25, -0.2) is 0 Å². The molecule has 3 rings (SSSR count). The predicted molar refractivity (Wildman–Crippen MR) is 189 cm³/mol. The first-order chi connectivity index (χ1) is 22.5. The fourth-order valence-electron chi connectivity index (χ4n) is 6.35. The zero-order chi connectivity index (χ0) is 32.8. The molecule has 0 saturated heterocycles. The van der Waals surface area contributed by atoms with Crippen molar-refractivity contribution in [3.63, 3.8) is 0 Å². The molecule has 1 aliphatic rings. The van der Waals surface area contributed by atoms with Gasteiger partial charge in [0, 0.05) is 43.4 Å². The highest BCUT2D eigenvalue weighted by Gasteiger charge is 2.26. The highest BCUT2D eigenvalue weighted by Crippen LogP contribution is 2.32. The van der Waals surface area contributed by atoms with E-state index in [1.807, 2.05) is 23.5 Å². The van der Waals surface area contributed by atoms with Crippen LogP contribution in [-0.4, -0.2) is 54.9 Å². The van der Waals surface area contributed by atoms with Crippen LogP contribution in [0.2, 0.25) is 0 Å². The summed E-state index contributed by atoms with van der Waals surface area (Å²) in [5.41, 5.74) is 2.44. The van der Waals surface area contributed by atoms with Crippen molar-refractivity contribution >= 4 is 29.1 Å². The molecule has 2 aromatic rings. The Labute approximate surface area is 282 Å². The van der Waals surface area contributed by atoms with Crippen LogP contribution in [0.25, 0.3) is 0 Å². The quantitative estimate of drug-likeness (QED) is 0.0686. The first-order valence-corrected chi connectivity index (χ1v) is 19.0. The van der Waals surface area contributed by atoms with Crippen LogP contribution in [0.4, 0.5) is 0 Å². The first kappa shape index (κ1) is 37.7. The molecule has 2 N–H and O–H groups in total. The van der Waals surface area contributed by atoms with Gasteiger partial charge in [-0.05, 0) is 86.6 Å². The highest BCUT2D eigenvalue weighted by atomic mass is 32.1. The summed E-state index contributed by atoms with van der Waals surface area (Å²) in [6.45, 7) is 7.72. The maximum atomic E-state index is 12.6. The molecule has 0 fully saturated rings. The zero-order valence-corrected chi connectivity index (χ0v) is 29.4. The fraction of sp³-hybridized carbons (Fsp3) is 0.658. The van der Waals surface area contributed by atoms with Crippen molar-refractivity contribution < 1.29 is 19.1 Å². The molecular formula is C38H59N3O4S. The third-order valence-corrected chi connectivity index (χ3v) is 9.89. The van der Waals surface area contributed by atoms with Gasteiger partial charge in [0.1, 0.15) is 5.75 Å². The van der Waals surface area contributed by atoms with Crippen LogP contribution in [0.15, 0.2) is 35.7 Å². The lowest BCUT2D eigenvalue weighted by atomic mass is 9.86. The monoisotopic (exact) mass is 653 g/mol. The smallest absolute Gasteiger partial charge is 0.312 e. The minimum atomic E-state index is -0.301. The van der Waals surface area contributed by atoms with Gasteiger partial charge in [0.05, 0.1) is 6.42 Å². The van der Waals surface area contributed by atoms with Crippen molar-refractivity contribution in [2.45, 2.75) is 135 Å². The van der Waals surface area contributed by atoms with E-state index in [9.17, 15) is 14.4 Å². The normalized spacial score (nSPS) is 14.2. The fourth-order valence-corrected chi connectivity index (χ4v) is 7.04. The maximum absolute atomic E-state index is 12.6. The van der Waals surface area contributed by atoms with Gasteiger partial charge in [-0.3, -0.25) is 19.3 Å². The number of nitrogens with one attached hydrogen (secondary N) is 2. The molecule has 8 heteroatoms. The molecule has 1 heterocycles. The molecule has 0 saturated carbocycles. The van der Waals surface area contributed by atoms with Gasteiger partial charge in [-0.15, -0.1) is 11.3 Å². The molecule has 1 atom stereocenters. The summed E-state index contributed by atoms with van der Waals surface area (Å²) in [7, 11) is 0. The standard InChI is InChI=1S/C38H59N3O4S/c1-3-5-6-13-25-39-36(42)19-11-9-7-8-10-12-20-37(43)40-26-23-38(44)45-35-18-14-16-31-30-32(21-22-34(31)35)41(27-4-2)28-24-33-17-15-29-46-33/h14-18,29,32H,3-13,19-28,30H2,1-2H3,(H,39,42)(H,40,43)/t32-/m0/s1. The number of carbonyl (C=O) groups is 3. The number of rotatable bonds is 24. The number of fused-ring (bicyclic) bond motifs is 1. The molecular weight excluding hydrogens is 595 g/mol. The second kappa shape index (κ2) is 22.8. The van der Waals surface area contributed by atoms with E-state index in [0.717, 1.165) is 102 Å². The second-order valence-corrected chi connectivity index (χ2v) is 13.8. The lowest BCUT2D eigenvalue weighted by molar-refractivity contribution is -0.134. The Morgan fingerprint density at radius 1 is 0.804 bits per heavy atom. The minimum absolute atomic E-state index is 0.0118. The lowest BCUT2D eigenvalue weighted by Crippen LogP contribution is -2.41. The molecule has 0 aliphatic heterocycles. The van der Waals surface area contributed by atoms with Crippen LogP contribution < -0.4 is 15.4 Å². The van der Waals surface area contributed by atoms with Crippen LogP contribution in [-0.2, 0) is 33.6 Å². The number of unbranched alkanes of at least 4 members (excludes halogenated alkanes) is 8. The van der Waals surface area contributed by atoms with Gasteiger partial charge in [-0.2, -0.15) is 0 Å². The van der Waals surface area contributed by atoms with Crippen molar-refractivity contribution in [2.75, 3.05) is 26.2 Å². The van der Waals surface area contributed by atoms with Crippen LogP contribution >= 0.6 is 11.3 Å². The summed E-state index contributed by atoms with van der Waals surface area (Å²) in [5.74, 6) is 0.534. The average Bonchev–Trinajstić information content (AvgIpc) is 3.58. The number of benzene rings is 1. The molecule has 0 bridgehead atoms. The van der Waals surface area contributed by atoms with E-state index >= 15 is 0 Å². The summed E-state index contributed by atoms with van der Waals surface area (Å²) in [5, 5.41) is 8.04. The number of amides is 2. The van der Waals surface area contributed by atoms with E-state index in [1.54, 1.807) is 0 Å². The minimum Gasteiger partial charge on any atom is -0.426 e. The number of hydrogen-bond donors (Lipinski definition) is 2. The van der Waals surface area contributed by atoms with Crippen LogP contribution in [0, 0.1) is 0 Å². The molecule has 0 spiro atoms. The van der Waals surface area contributed by atoms with E-state index < -0.39 is 0 Å². The van der Waals surface area contributed by atoms with Crippen molar-refractivity contribution in [3.05, 3.63) is 51.7 Å². The van der Waals surface area contributed by atoms with E-state index in [2.05, 4.69) is 53.0 Å². The number of nitrogens with zero attached hydrogens (tertiary/aromatic N) is 1. The van der Waals surface area contributed by atoms with Gasteiger partial charge in [0.25, 0.3) is 0 Å². The molecule has 0 radical (unpaired) electrons. The molecule has 1 aromatic carbocycles. The van der Waals surface area contributed by atoms with E-state index in [0.29, 0.717) is 31.2 Å². The summed E-state index contributed by atoms with van der Waals surface area (Å²) in [6, 6.07) is 10.9. The maximum Gasteiger partial charge on any atom is 0.312 e. The van der Waals surface area contributed by atoms with Crippen LogP contribution in [0.1, 0.15) is 126 Å². The van der Waals surface area contributed by atoms with Crippen LogP contribution in [0.5, 0.6) is 5.75 Å². The van der Waals surface area contributed by atoms with Crippen molar-refractivity contribution in [2.24, 2.45) is 0 Å². The van der Waals surface area contributed by atoms with E-state index in [-0.39, 0.29) is 24.2 Å². The number of carbonyl (C=O) groups excluding carboxylic acids is 3. The van der Waals surface area contributed by atoms with Crippen molar-refractivity contribution in [1.29, 1.82) is 0 Å². The third kappa shape index (κ3) is 14.8. The third-order valence-electron chi connectivity index (χ3n) is 8.95. The predicted octanol–water partition coefficient (Wildman–Crippen LogP) is 7.79. The molecule has 46 heavy (non-hydrogen) atoms. The van der Waals surface area contributed by atoms with Gasteiger partial charge in [0.2, 0.25) is 11.8 Å². The Hall–Kier alpha value is -2.71. The van der Waals surface area contributed by atoms with Crippen LogP contribution in [0.3, 0.4) is 0 Å². The summed E-state index contributed by atoms with van der Waals surface area (Å²) < 4.78 is 5.80. The summed E-state index contributed by atoms with van der Waals surface area (Å²) >= 11 is 1.84. The Morgan fingerprint density at radius 3 is 2.22 bits per heavy atom. The first-order valence-electron chi connectivity index (χ1n) is 18.1. The van der Waals surface area contributed by atoms with Crippen molar-refractivity contribution in [3.8, 4) is 5.75 Å². The van der Waals surface area contributed by atoms with Gasteiger partial charge in [-0.1, -0.05) is 77.0 Å². The summed E-state index contributed by atoms with van der Waals surface area (Å²) in [4.78, 5) is 40.9. The number of ether oxygens (including phenoxy) is 1. The number of hydrogen-bond acceptors (Lipinski definition) is 6. The molecule has 256 valence electrons. The largest absolute Gasteiger partial charge is 0.426 e. The topological polar surface area (TPSA) is 87.7 Å². The van der Waals surface area contributed by atoms with Gasteiger partial charge >= 0.3 is 5.97 Å². The lowest BCUT2D eigenvalue weighted by Gasteiger charge is -2.35. The molecule has 0 unspecified atom stereocenters. The second-order valence-electron chi connectivity index (χ2n) is 12.8. The number of thiophene rings is 1. The SMILES string of the molecule is CCCCCCNC(=O)CCCCCCCCC(=O)NCCC(=O)Oc1cccc2c1CC[C@H](N(CCC)CCc1cccs1)C2. The van der Waals surface area contributed by atoms with Gasteiger partial charge in [0.15, 0.2) is 0 Å². The molecule has 2 amide bonds. The number of esters is 1. The zero-order valence-electron chi connectivity index (χ0n) is 28.6. The molecule has 1 aromatic heterocycles. The average molecular weight is 654 g/mol. The summed E-state index contributed by atoms with van der Waals surface area (Å²) in [6.07, 6.45) is 17.2. The Balaban J connectivity index is 1.25.